The molecule has 0 amide bonds. The van der Waals surface area contributed by atoms with Crippen LogP contribution in [0, 0.1) is 5.92 Å². The number of benzene rings is 1. The second-order valence-electron chi connectivity index (χ2n) is 10.2. The summed E-state index contributed by atoms with van der Waals surface area (Å²) in [5, 5.41) is 34.9. The van der Waals surface area contributed by atoms with Crippen LogP contribution in [0.4, 0.5) is 5.82 Å². The van der Waals surface area contributed by atoms with Crippen LogP contribution in [0.2, 0.25) is 0 Å². The highest BCUT2D eigenvalue weighted by atomic mass is 16.5. The van der Waals surface area contributed by atoms with E-state index in [2.05, 4.69) is 51.8 Å². The molecule has 178 valence electrons. The first-order valence-electron chi connectivity index (χ1n) is 11.9. The van der Waals surface area contributed by atoms with E-state index in [4.69, 9.17) is 4.74 Å². The Labute approximate surface area is 200 Å². The third-order valence-electron chi connectivity index (χ3n) is 7.74. The maximum atomic E-state index is 10.7. The molecular formula is C26H32N6O2. The van der Waals surface area contributed by atoms with Crippen LogP contribution in [0.25, 0.3) is 22.4 Å². The molecule has 8 heteroatoms. The minimum Gasteiger partial charge on any atom is -0.507 e. The van der Waals surface area contributed by atoms with Crippen molar-refractivity contribution in [2.24, 2.45) is 5.92 Å². The highest BCUT2D eigenvalue weighted by Gasteiger charge is 2.50. The Bertz CT molecular complexity index is 1190. The number of fused-ring (bicyclic) bond motifs is 2. The van der Waals surface area contributed by atoms with Crippen LogP contribution in [0.1, 0.15) is 46.5 Å². The molecule has 2 aromatic heterocycles. The number of nitrogens with one attached hydrogen (secondary N) is 2. The van der Waals surface area contributed by atoms with Crippen LogP contribution in [-0.2, 0) is 0 Å². The summed E-state index contributed by atoms with van der Waals surface area (Å²) in [5.74, 6) is 1.78. The van der Waals surface area contributed by atoms with Gasteiger partial charge in [-0.15, -0.1) is 15.3 Å². The first-order chi connectivity index (χ1) is 16.3. The van der Waals surface area contributed by atoms with Crippen molar-refractivity contribution in [2.45, 2.75) is 63.6 Å². The Balaban J connectivity index is 1.33. The Morgan fingerprint density at radius 1 is 1.06 bits per heavy atom. The summed E-state index contributed by atoms with van der Waals surface area (Å²) in [5.41, 5.74) is 3.16. The number of ether oxygens (including phenoxy) is 1. The van der Waals surface area contributed by atoms with E-state index in [9.17, 15) is 5.11 Å². The van der Waals surface area contributed by atoms with E-state index in [0.29, 0.717) is 29.1 Å². The highest BCUT2D eigenvalue weighted by molar-refractivity contribution is 5.74. The van der Waals surface area contributed by atoms with Crippen LogP contribution in [0.3, 0.4) is 0 Å². The minimum absolute atomic E-state index is 0.129. The molecule has 0 saturated carbocycles. The summed E-state index contributed by atoms with van der Waals surface area (Å²) >= 11 is 0. The molecule has 1 aromatic carbocycles. The number of hydrogen-bond acceptors (Lipinski definition) is 8. The largest absolute Gasteiger partial charge is 0.507 e. The molecular weight excluding hydrogens is 428 g/mol. The van der Waals surface area contributed by atoms with Crippen molar-refractivity contribution in [2.75, 3.05) is 12.4 Å². The van der Waals surface area contributed by atoms with E-state index >= 15 is 0 Å². The molecule has 2 fully saturated rings. The number of methoxy groups -OCH3 is 1. The maximum absolute atomic E-state index is 10.7. The SMILES string of the molecule is COc1cc(-c2ccc(-c3ccc(NC4CC5(C)CCCC(C)(N5)C4C)nn3)c(O)c2)cnn1. The number of phenols is 1. The lowest BCUT2D eigenvalue weighted by Gasteiger charge is -2.57. The lowest BCUT2D eigenvalue weighted by Crippen LogP contribution is -2.69. The van der Waals surface area contributed by atoms with Gasteiger partial charge in [0.1, 0.15) is 11.6 Å². The molecule has 2 saturated heterocycles. The van der Waals surface area contributed by atoms with E-state index in [-0.39, 0.29) is 16.8 Å². The minimum atomic E-state index is 0.129. The first-order valence-corrected chi connectivity index (χ1v) is 11.9. The Morgan fingerprint density at radius 2 is 1.91 bits per heavy atom. The van der Waals surface area contributed by atoms with Crippen LogP contribution >= 0.6 is 0 Å². The lowest BCUT2D eigenvalue weighted by molar-refractivity contribution is 0.0379. The predicted molar refractivity (Wildman–Crippen MR) is 132 cm³/mol. The van der Waals surface area contributed by atoms with Gasteiger partial charge in [0.2, 0.25) is 5.88 Å². The summed E-state index contributed by atoms with van der Waals surface area (Å²) in [6, 6.07) is 11.4. The number of hydrogen-bond donors (Lipinski definition) is 3. The molecule has 4 atom stereocenters. The average molecular weight is 461 g/mol. The van der Waals surface area contributed by atoms with Crippen LogP contribution in [-0.4, -0.2) is 49.7 Å². The van der Waals surface area contributed by atoms with Crippen molar-refractivity contribution < 1.29 is 9.84 Å². The third-order valence-corrected chi connectivity index (χ3v) is 7.74. The van der Waals surface area contributed by atoms with Crippen LogP contribution in [0.15, 0.2) is 42.6 Å². The van der Waals surface area contributed by atoms with Gasteiger partial charge < -0.3 is 20.5 Å². The maximum Gasteiger partial charge on any atom is 0.233 e. The van der Waals surface area contributed by atoms with E-state index in [1.807, 2.05) is 24.3 Å². The van der Waals surface area contributed by atoms with Gasteiger partial charge in [-0.3, -0.25) is 0 Å². The lowest BCUT2D eigenvalue weighted by atomic mass is 9.64. The molecule has 3 aromatic rings. The molecule has 5 rings (SSSR count). The second kappa shape index (κ2) is 8.51. The van der Waals surface area contributed by atoms with Gasteiger partial charge in [0, 0.05) is 34.3 Å². The van der Waals surface area contributed by atoms with Gasteiger partial charge in [0.15, 0.2) is 0 Å². The van der Waals surface area contributed by atoms with Gasteiger partial charge in [0.25, 0.3) is 0 Å². The molecule has 34 heavy (non-hydrogen) atoms. The molecule has 0 spiro atoms. The Hall–Kier alpha value is -3.26. The first kappa shape index (κ1) is 22.5. The van der Waals surface area contributed by atoms with E-state index in [0.717, 1.165) is 23.4 Å². The van der Waals surface area contributed by atoms with Crippen molar-refractivity contribution in [3.63, 3.8) is 0 Å². The topological polar surface area (TPSA) is 105 Å². The van der Waals surface area contributed by atoms with Gasteiger partial charge in [-0.05, 0) is 75.3 Å². The number of nitrogens with zero attached hydrogens (tertiary/aromatic N) is 4. The van der Waals surface area contributed by atoms with Gasteiger partial charge in [-0.2, -0.15) is 5.10 Å². The van der Waals surface area contributed by atoms with Crippen molar-refractivity contribution in [1.82, 2.24) is 25.7 Å². The molecule has 4 heterocycles. The van der Waals surface area contributed by atoms with Crippen molar-refractivity contribution >= 4 is 5.82 Å². The number of phenolic OH excluding ortho intramolecular Hbond substituents is 1. The normalized spacial score (nSPS) is 28.4. The van der Waals surface area contributed by atoms with Gasteiger partial charge in [-0.25, -0.2) is 0 Å². The summed E-state index contributed by atoms with van der Waals surface area (Å²) in [7, 11) is 1.55. The van der Waals surface area contributed by atoms with Crippen LogP contribution < -0.4 is 15.4 Å². The third kappa shape index (κ3) is 4.18. The smallest absolute Gasteiger partial charge is 0.233 e. The van der Waals surface area contributed by atoms with Crippen molar-refractivity contribution in [3.8, 4) is 34.0 Å². The molecule has 2 aliphatic rings. The number of rotatable bonds is 5. The van der Waals surface area contributed by atoms with Crippen molar-refractivity contribution in [1.29, 1.82) is 0 Å². The number of aromatic nitrogens is 4. The summed E-state index contributed by atoms with van der Waals surface area (Å²) in [6.45, 7) is 7.01. The summed E-state index contributed by atoms with van der Waals surface area (Å²) in [6.07, 6.45) is 6.37. The molecule has 8 nitrogen and oxygen atoms in total. The molecule has 4 unspecified atom stereocenters. The van der Waals surface area contributed by atoms with Gasteiger partial charge in [-0.1, -0.05) is 13.0 Å². The predicted octanol–water partition coefficient (Wildman–Crippen LogP) is 4.43. The molecule has 0 radical (unpaired) electrons. The zero-order valence-electron chi connectivity index (χ0n) is 20.2. The zero-order chi connectivity index (χ0) is 23.9. The standard InChI is InChI=1S/C26H32N6O2/c1-16-21(14-25(2)10-5-11-26(16,3)32-25)28-23-9-8-20(29-30-23)19-7-6-17(12-22(19)33)18-13-24(34-4)31-27-15-18/h6-9,12-13,15-16,21,32-33H,5,10-11,14H2,1-4H3,(H,28,30). The molecule has 3 N–H and O–H groups in total. The van der Waals surface area contributed by atoms with Crippen LogP contribution in [0.5, 0.6) is 11.6 Å². The highest BCUT2D eigenvalue weighted by Crippen LogP contribution is 2.44. The number of piperidine rings is 2. The molecule has 2 bridgehead atoms. The second-order valence-corrected chi connectivity index (χ2v) is 10.2. The quantitative estimate of drug-likeness (QED) is 0.514. The summed E-state index contributed by atoms with van der Waals surface area (Å²) in [4.78, 5) is 0. The Kier molecular flexibility index (Phi) is 5.64. The van der Waals surface area contributed by atoms with E-state index < -0.39 is 0 Å². The molecule has 0 aliphatic carbocycles. The van der Waals surface area contributed by atoms with Crippen molar-refractivity contribution in [3.05, 3.63) is 42.6 Å². The van der Waals surface area contributed by atoms with Gasteiger partial charge in [0.05, 0.1) is 19.0 Å². The fourth-order valence-electron chi connectivity index (χ4n) is 5.71. The zero-order valence-corrected chi connectivity index (χ0v) is 20.2. The van der Waals surface area contributed by atoms with Gasteiger partial charge >= 0.3 is 0 Å². The van der Waals surface area contributed by atoms with E-state index in [1.165, 1.54) is 19.3 Å². The fraction of sp³-hybridized carbons (Fsp3) is 0.462. The average Bonchev–Trinajstić information content (AvgIpc) is 2.83. The fourth-order valence-corrected chi connectivity index (χ4v) is 5.71. The monoisotopic (exact) mass is 460 g/mol. The number of aromatic hydroxyl groups is 1. The Morgan fingerprint density at radius 3 is 2.65 bits per heavy atom. The van der Waals surface area contributed by atoms with E-state index in [1.54, 1.807) is 25.4 Å². The molecule has 2 aliphatic heterocycles. The number of anilines is 1. The summed E-state index contributed by atoms with van der Waals surface area (Å²) < 4.78 is 5.14.